The van der Waals surface area contributed by atoms with Crippen LogP contribution in [0.1, 0.15) is 24.2 Å². The van der Waals surface area contributed by atoms with Gasteiger partial charge in [0.2, 0.25) is 0 Å². The standard InChI is InChI=1S/C11H15ClN2O2/c1-7(2)6-14(3)10-5-8(11(15)16)4-9(12)13-10/h4-5,7H,6H2,1-3H3,(H,15,16). The van der Waals surface area contributed by atoms with Crippen LogP contribution in [-0.4, -0.2) is 29.7 Å². The second kappa shape index (κ2) is 5.16. The third-order valence-electron chi connectivity index (χ3n) is 2.06. The second-order valence-corrected chi connectivity index (χ2v) is 4.50. The Morgan fingerprint density at radius 2 is 2.19 bits per heavy atom. The van der Waals surface area contributed by atoms with Crippen LogP contribution >= 0.6 is 11.6 Å². The molecular formula is C11H15ClN2O2. The number of anilines is 1. The van der Waals surface area contributed by atoms with E-state index < -0.39 is 5.97 Å². The van der Waals surface area contributed by atoms with Gasteiger partial charge in [0.15, 0.2) is 0 Å². The highest BCUT2D eigenvalue weighted by Crippen LogP contribution is 2.18. The summed E-state index contributed by atoms with van der Waals surface area (Å²) >= 11 is 5.77. The van der Waals surface area contributed by atoms with Crippen LogP contribution in [0.3, 0.4) is 0 Å². The monoisotopic (exact) mass is 242 g/mol. The molecule has 0 spiro atoms. The van der Waals surface area contributed by atoms with Crippen molar-refractivity contribution >= 4 is 23.4 Å². The molecule has 0 aliphatic rings. The zero-order valence-electron chi connectivity index (χ0n) is 9.57. The number of aromatic carboxylic acids is 1. The van der Waals surface area contributed by atoms with Gasteiger partial charge >= 0.3 is 5.97 Å². The molecule has 0 bridgehead atoms. The average Bonchev–Trinajstić information content (AvgIpc) is 2.15. The summed E-state index contributed by atoms with van der Waals surface area (Å²) in [6.45, 7) is 4.96. The zero-order chi connectivity index (χ0) is 12.3. The number of aromatic nitrogens is 1. The van der Waals surface area contributed by atoms with Crippen molar-refractivity contribution in [3.05, 3.63) is 22.8 Å². The SMILES string of the molecule is CC(C)CN(C)c1cc(C(=O)O)cc(Cl)n1. The Labute approximate surface area is 99.9 Å². The fourth-order valence-electron chi connectivity index (χ4n) is 1.44. The van der Waals surface area contributed by atoms with Crippen LogP contribution in [0.25, 0.3) is 0 Å². The van der Waals surface area contributed by atoms with Gasteiger partial charge in [-0.15, -0.1) is 0 Å². The maximum Gasteiger partial charge on any atom is 0.335 e. The molecule has 1 aromatic heterocycles. The van der Waals surface area contributed by atoms with Crippen molar-refractivity contribution < 1.29 is 9.90 Å². The Balaban J connectivity index is 3.00. The van der Waals surface area contributed by atoms with Gasteiger partial charge in [0.05, 0.1) is 5.56 Å². The number of carbonyl (C=O) groups is 1. The maximum atomic E-state index is 10.8. The molecule has 1 rings (SSSR count). The van der Waals surface area contributed by atoms with E-state index in [1.807, 2.05) is 11.9 Å². The average molecular weight is 243 g/mol. The van der Waals surface area contributed by atoms with Gasteiger partial charge in [0.1, 0.15) is 11.0 Å². The molecule has 0 unspecified atom stereocenters. The molecule has 1 N–H and O–H groups in total. The van der Waals surface area contributed by atoms with Crippen molar-refractivity contribution in [3.8, 4) is 0 Å². The van der Waals surface area contributed by atoms with Crippen LogP contribution in [0, 0.1) is 5.92 Å². The number of halogens is 1. The number of nitrogens with zero attached hydrogens (tertiary/aromatic N) is 2. The Morgan fingerprint density at radius 1 is 1.56 bits per heavy atom. The van der Waals surface area contributed by atoms with Crippen LogP contribution in [0.15, 0.2) is 12.1 Å². The van der Waals surface area contributed by atoms with Crippen molar-refractivity contribution in [2.24, 2.45) is 5.92 Å². The van der Waals surface area contributed by atoms with E-state index in [0.717, 1.165) is 6.54 Å². The normalized spacial score (nSPS) is 10.6. The molecule has 0 aliphatic carbocycles. The van der Waals surface area contributed by atoms with Crippen molar-refractivity contribution in [1.82, 2.24) is 4.98 Å². The van der Waals surface area contributed by atoms with Crippen LogP contribution in [0.2, 0.25) is 5.15 Å². The fourth-order valence-corrected chi connectivity index (χ4v) is 1.65. The minimum Gasteiger partial charge on any atom is -0.478 e. The molecule has 0 amide bonds. The molecule has 0 aromatic carbocycles. The first-order valence-corrected chi connectivity index (χ1v) is 5.40. The molecule has 0 aliphatic heterocycles. The molecule has 0 saturated carbocycles. The molecule has 16 heavy (non-hydrogen) atoms. The van der Waals surface area contributed by atoms with Crippen molar-refractivity contribution in [2.75, 3.05) is 18.5 Å². The first kappa shape index (κ1) is 12.8. The molecule has 0 radical (unpaired) electrons. The van der Waals surface area contributed by atoms with Crippen LogP contribution in [-0.2, 0) is 0 Å². The summed E-state index contributed by atoms with van der Waals surface area (Å²) in [7, 11) is 1.87. The summed E-state index contributed by atoms with van der Waals surface area (Å²) in [6, 6.07) is 2.87. The summed E-state index contributed by atoms with van der Waals surface area (Å²) in [4.78, 5) is 16.8. The Hall–Kier alpha value is -1.29. The lowest BCUT2D eigenvalue weighted by molar-refractivity contribution is 0.0697. The number of carboxylic acid groups (broad SMARTS) is 1. The zero-order valence-corrected chi connectivity index (χ0v) is 10.3. The molecule has 4 nitrogen and oxygen atoms in total. The number of pyridine rings is 1. The minimum absolute atomic E-state index is 0.158. The minimum atomic E-state index is -0.997. The van der Waals surface area contributed by atoms with E-state index in [-0.39, 0.29) is 10.7 Å². The van der Waals surface area contributed by atoms with E-state index in [4.69, 9.17) is 16.7 Å². The van der Waals surface area contributed by atoms with Gasteiger partial charge < -0.3 is 10.0 Å². The smallest absolute Gasteiger partial charge is 0.335 e. The third-order valence-corrected chi connectivity index (χ3v) is 2.25. The topological polar surface area (TPSA) is 53.4 Å². The van der Waals surface area contributed by atoms with E-state index in [0.29, 0.717) is 11.7 Å². The highest BCUT2D eigenvalue weighted by atomic mass is 35.5. The lowest BCUT2D eigenvalue weighted by Crippen LogP contribution is -2.23. The lowest BCUT2D eigenvalue weighted by atomic mass is 10.2. The van der Waals surface area contributed by atoms with E-state index in [9.17, 15) is 4.79 Å². The van der Waals surface area contributed by atoms with Crippen LogP contribution in [0.5, 0.6) is 0 Å². The predicted octanol–water partition coefficient (Wildman–Crippen LogP) is 2.53. The first-order chi connectivity index (χ1) is 7.40. The molecule has 0 atom stereocenters. The molecular weight excluding hydrogens is 228 g/mol. The van der Waals surface area contributed by atoms with Crippen LogP contribution in [0.4, 0.5) is 5.82 Å². The Kier molecular flexibility index (Phi) is 4.12. The Morgan fingerprint density at radius 3 is 2.69 bits per heavy atom. The second-order valence-electron chi connectivity index (χ2n) is 4.12. The van der Waals surface area contributed by atoms with Crippen LogP contribution < -0.4 is 4.90 Å². The highest BCUT2D eigenvalue weighted by Gasteiger charge is 2.11. The van der Waals surface area contributed by atoms with Gasteiger partial charge in [-0.05, 0) is 18.1 Å². The summed E-state index contributed by atoms with van der Waals surface area (Å²) < 4.78 is 0. The summed E-state index contributed by atoms with van der Waals surface area (Å²) in [5.41, 5.74) is 0.158. The first-order valence-electron chi connectivity index (χ1n) is 5.02. The van der Waals surface area contributed by atoms with Crippen molar-refractivity contribution in [2.45, 2.75) is 13.8 Å². The molecule has 1 heterocycles. The van der Waals surface area contributed by atoms with Gasteiger partial charge in [-0.2, -0.15) is 0 Å². The lowest BCUT2D eigenvalue weighted by Gasteiger charge is -2.20. The number of hydrogen-bond acceptors (Lipinski definition) is 3. The van der Waals surface area contributed by atoms with Gasteiger partial charge in [-0.3, -0.25) is 0 Å². The molecule has 1 aromatic rings. The van der Waals surface area contributed by atoms with E-state index in [2.05, 4.69) is 18.8 Å². The number of rotatable bonds is 4. The maximum absolute atomic E-state index is 10.8. The predicted molar refractivity (Wildman–Crippen MR) is 64.3 cm³/mol. The van der Waals surface area contributed by atoms with E-state index in [1.54, 1.807) is 0 Å². The summed E-state index contributed by atoms with van der Waals surface area (Å²) in [5.74, 6) is 0.0566. The van der Waals surface area contributed by atoms with Gasteiger partial charge in [0.25, 0.3) is 0 Å². The van der Waals surface area contributed by atoms with Gasteiger partial charge in [-0.1, -0.05) is 25.4 Å². The summed E-state index contributed by atoms with van der Waals surface area (Å²) in [5, 5.41) is 9.09. The van der Waals surface area contributed by atoms with Crippen molar-refractivity contribution in [1.29, 1.82) is 0 Å². The fraction of sp³-hybridized carbons (Fsp3) is 0.455. The van der Waals surface area contributed by atoms with E-state index in [1.165, 1.54) is 12.1 Å². The highest BCUT2D eigenvalue weighted by molar-refractivity contribution is 6.29. The van der Waals surface area contributed by atoms with Gasteiger partial charge in [-0.25, -0.2) is 9.78 Å². The quantitative estimate of drug-likeness (QED) is 0.825. The molecule has 0 saturated heterocycles. The molecule has 0 fully saturated rings. The molecule has 5 heteroatoms. The molecule has 88 valence electrons. The number of hydrogen-bond donors (Lipinski definition) is 1. The summed E-state index contributed by atoms with van der Waals surface area (Å²) in [6.07, 6.45) is 0. The number of carboxylic acids is 1. The van der Waals surface area contributed by atoms with Gasteiger partial charge in [0, 0.05) is 13.6 Å². The Bertz CT molecular complexity index is 394. The van der Waals surface area contributed by atoms with E-state index >= 15 is 0 Å². The largest absolute Gasteiger partial charge is 0.478 e. The third kappa shape index (κ3) is 3.38. The van der Waals surface area contributed by atoms with Crippen molar-refractivity contribution in [3.63, 3.8) is 0 Å².